The Morgan fingerprint density at radius 3 is 2.45 bits per heavy atom. The molecule has 0 amide bonds. The Hall–Kier alpha value is -3.77. The van der Waals surface area contributed by atoms with Gasteiger partial charge in [-0.05, 0) is 29.0 Å². The van der Waals surface area contributed by atoms with Crippen molar-refractivity contribution in [2.75, 3.05) is 0 Å². The molecule has 0 aliphatic rings. The van der Waals surface area contributed by atoms with Crippen molar-refractivity contribution >= 4 is 28.3 Å². The average Bonchev–Trinajstić information content (AvgIpc) is 3.37. The van der Waals surface area contributed by atoms with Crippen LogP contribution in [0.1, 0.15) is 10.4 Å². The summed E-state index contributed by atoms with van der Waals surface area (Å²) in [4.78, 5) is 14.8. The fraction of sp³-hybridized carbons (Fsp3) is 0.0833. The molecule has 2 aromatic heterocycles. The summed E-state index contributed by atoms with van der Waals surface area (Å²) >= 11 is 6.24. The first kappa shape index (κ1) is 19.2. The lowest BCUT2D eigenvalue weighted by atomic mass is 10.0. The Labute approximate surface area is 183 Å². The number of tetrazole rings is 1. The number of rotatable bonds is 5. The van der Waals surface area contributed by atoms with Crippen LogP contribution < -0.4 is 0 Å². The number of benzene rings is 3. The summed E-state index contributed by atoms with van der Waals surface area (Å²) in [7, 11) is 1.98. The average molecular weight is 428 g/mol. The maximum absolute atomic E-state index is 13.5. The van der Waals surface area contributed by atoms with Gasteiger partial charge in [0, 0.05) is 23.5 Å². The summed E-state index contributed by atoms with van der Waals surface area (Å²) in [6.45, 7) is -0.0225. The number of hydrogen-bond donors (Lipinski definition) is 0. The topological polar surface area (TPSA) is 65.6 Å². The van der Waals surface area contributed by atoms with Gasteiger partial charge >= 0.3 is 0 Å². The second kappa shape index (κ2) is 7.81. The molecule has 0 saturated heterocycles. The molecule has 152 valence electrons. The van der Waals surface area contributed by atoms with Crippen LogP contribution in [0, 0.1) is 0 Å². The van der Waals surface area contributed by atoms with Gasteiger partial charge in [-0.1, -0.05) is 72.3 Å². The second-order valence-electron chi connectivity index (χ2n) is 7.21. The predicted octanol–water partition coefficient (Wildman–Crippen LogP) is 5.04. The maximum Gasteiger partial charge on any atom is 0.206 e. The first-order chi connectivity index (χ1) is 15.1. The van der Waals surface area contributed by atoms with Crippen molar-refractivity contribution < 1.29 is 4.79 Å². The van der Waals surface area contributed by atoms with Crippen molar-refractivity contribution in [2.45, 2.75) is 6.54 Å². The number of fused-ring (bicyclic) bond motifs is 1. The molecule has 0 aliphatic heterocycles. The largest absolute Gasteiger partial charge is 0.343 e. The van der Waals surface area contributed by atoms with Crippen LogP contribution in [-0.2, 0) is 13.6 Å². The predicted molar refractivity (Wildman–Crippen MR) is 121 cm³/mol. The monoisotopic (exact) mass is 427 g/mol. The lowest BCUT2D eigenvalue weighted by Crippen LogP contribution is -2.14. The van der Waals surface area contributed by atoms with Gasteiger partial charge in [0.2, 0.25) is 5.82 Å². The Morgan fingerprint density at radius 2 is 1.65 bits per heavy atom. The number of aromatic nitrogens is 5. The van der Waals surface area contributed by atoms with E-state index in [4.69, 9.17) is 11.6 Å². The number of halogens is 1. The Balaban J connectivity index is 1.56. The van der Waals surface area contributed by atoms with E-state index in [1.54, 1.807) is 6.07 Å². The molecule has 31 heavy (non-hydrogen) atoms. The zero-order valence-electron chi connectivity index (χ0n) is 16.7. The van der Waals surface area contributed by atoms with Crippen LogP contribution >= 0.6 is 11.6 Å². The summed E-state index contributed by atoms with van der Waals surface area (Å²) < 4.78 is 2.06. The lowest BCUT2D eigenvalue weighted by molar-refractivity contribution is 0.0963. The molecular weight excluding hydrogens is 410 g/mol. The molecule has 2 heterocycles. The van der Waals surface area contributed by atoms with Crippen LogP contribution in [0.2, 0.25) is 5.02 Å². The second-order valence-corrected chi connectivity index (χ2v) is 7.62. The van der Waals surface area contributed by atoms with Crippen molar-refractivity contribution in [1.82, 2.24) is 24.8 Å². The number of para-hydroxylation sites is 1. The quantitative estimate of drug-likeness (QED) is 0.369. The summed E-state index contributed by atoms with van der Waals surface area (Å²) in [6.07, 6.45) is 0. The highest BCUT2D eigenvalue weighted by Crippen LogP contribution is 2.33. The zero-order chi connectivity index (χ0) is 21.4. The summed E-state index contributed by atoms with van der Waals surface area (Å²) in [5.41, 5.74) is 4.18. The Morgan fingerprint density at radius 1 is 0.935 bits per heavy atom. The van der Waals surface area contributed by atoms with Gasteiger partial charge in [-0.3, -0.25) is 4.79 Å². The molecule has 0 saturated carbocycles. The number of ketones is 1. The number of carbonyl (C=O) groups is 1. The minimum atomic E-state index is -0.0845. The number of hydrogen-bond acceptors (Lipinski definition) is 4. The molecule has 0 radical (unpaired) electrons. The molecule has 0 spiro atoms. The van der Waals surface area contributed by atoms with Gasteiger partial charge in [0.1, 0.15) is 6.54 Å². The number of Topliss-reactive ketones (excluding diaryl/α,β-unsaturated/α-hetero) is 1. The normalized spacial score (nSPS) is 11.2. The van der Waals surface area contributed by atoms with Gasteiger partial charge in [-0.25, -0.2) is 0 Å². The van der Waals surface area contributed by atoms with Crippen molar-refractivity contribution in [2.24, 2.45) is 7.05 Å². The van der Waals surface area contributed by atoms with E-state index in [2.05, 4.69) is 20.0 Å². The maximum atomic E-state index is 13.5. The van der Waals surface area contributed by atoms with E-state index in [0.717, 1.165) is 22.2 Å². The van der Waals surface area contributed by atoms with E-state index in [0.29, 0.717) is 22.0 Å². The van der Waals surface area contributed by atoms with Gasteiger partial charge in [-0.2, -0.15) is 4.80 Å². The smallest absolute Gasteiger partial charge is 0.206 e. The molecule has 0 atom stereocenters. The molecule has 5 aromatic rings. The van der Waals surface area contributed by atoms with Crippen molar-refractivity contribution in [1.29, 1.82) is 0 Å². The van der Waals surface area contributed by atoms with E-state index >= 15 is 0 Å². The summed E-state index contributed by atoms with van der Waals surface area (Å²) in [5, 5.41) is 14.0. The molecule has 0 N–H and O–H groups in total. The van der Waals surface area contributed by atoms with Gasteiger partial charge in [0.25, 0.3) is 0 Å². The van der Waals surface area contributed by atoms with E-state index in [1.807, 2.05) is 79.8 Å². The fourth-order valence-corrected chi connectivity index (χ4v) is 4.10. The molecule has 5 rings (SSSR count). The fourth-order valence-electron chi connectivity index (χ4n) is 3.88. The van der Waals surface area contributed by atoms with E-state index < -0.39 is 0 Å². The van der Waals surface area contributed by atoms with Gasteiger partial charge in [0.05, 0.1) is 16.3 Å². The Bertz CT molecular complexity index is 1400. The van der Waals surface area contributed by atoms with Crippen LogP contribution in [0.25, 0.3) is 33.5 Å². The standard InChI is InChI=1S/C24H18ClN5O/c1-29-20-14-8-6-12-18(20)22(23(29)16-9-3-2-4-10-16)21(31)15-30-27-24(26-28-30)17-11-5-7-13-19(17)25/h2-14H,15H2,1H3. The Kier molecular flexibility index (Phi) is 4.84. The van der Waals surface area contributed by atoms with Crippen LogP contribution in [0.5, 0.6) is 0 Å². The number of carbonyl (C=O) groups excluding carboxylic acids is 1. The van der Waals surface area contributed by atoms with Crippen LogP contribution in [-0.4, -0.2) is 30.6 Å². The molecular formula is C24H18ClN5O. The molecule has 0 unspecified atom stereocenters. The zero-order valence-corrected chi connectivity index (χ0v) is 17.5. The molecule has 7 heteroatoms. The van der Waals surface area contributed by atoms with Gasteiger partial charge in [-0.15, -0.1) is 10.2 Å². The molecule has 0 aliphatic carbocycles. The first-order valence-corrected chi connectivity index (χ1v) is 10.2. The van der Waals surface area contributed by atoms with Crippen molar-refractivity contribution in [3.63, 3.8) is 0 Å². The van der Waals surface area contributed by atoms with E-state index in [9.17, 15) is 4.79 Å². The molecule has 3 aromatic carbocycles. The van der Waals surface area contributed by atoms with Crippen LogP contribution in [0.15, 0.2) is 78.9 Å². The molecule has 0 fully saturated rings. The molecule has 0 bridgehead atoms. The van der Waals surface area contributed by atoms with Crippen LogP contribution in [0.4, 0.5) is 0 Å². The van der Waals surface area contributed by atoms with Crippen molar-refractivity contribution in [3.8, 4) is 22.6 Å². The number of nitrogens with zero attached hydrogens (tertiary/aromatic N) is 5. The highest BCUT2D eigenvalue weighted by molar-refractivity contribution is 6.33. The highest BCUT2D eigenvalue weighted by atomic mass is 35.5. The third kappa shape index (κ3) is 3.41. The SMILES string of the molecule is Cn1c(-c2ccccc2)c(C(=O)Cn2nnc(-c3ccccc3Cl)n2)c2ccccc21. The lowest BCUT2D eigenvalue weighted by Gasteiger charge is -2.07. The number of aryl methyl sites for hydroxylation is 1. The van der Waals surface area contributed by atoms with Gasteiger partial charge < -0.3 is 4.57 Å². The van der Waals surface area contributed by atoms with E-state index in [-0.39, 0.29) is 12.3 Å². The third-order valence-electron chi connectivity index (χ3n) is 5.29. The van der Waals surface area contributed by atoms with Crippen molar-refractivity contribution in [3.05, 3.63) is 89.4 Å². The first-order valence-electron chi connectivity index (χ1n) is 9.82. The van der Waals surface area contributed by atoms with Crippen LogP contribution in [0.3, 0.4) is 0 Å². The van der Waals surface area contributed by atoms with Gasteiger partial charge in [0.15, 0.2) is 5.78 Å². The molecule has 6 nitrogen and oxygen atoms in total. The van der Waals surface area contributed by atoms with E-state index in [1.165, 1.54) is 4.80 Å². The summed E-state index contributed by atoms with van der Waals surface area (Å²) in [6, 6.07) is 25.1. The third-order valence-corrected chi connectivity index (χ3v) is 5.62. The summed E-state index contributed by atoms with van der Waals surface area (Å²) in [5.74, 6) is 0.304. The minimum Gasteiger partial charge on any atom is -0.343 e. The highest BCUT2D eigenvalue weighted by Gasteiger charge is 2.23. The minimum absolute atomic E-state index is 0.0225.